The Balaban J connectivity index is 1.67. The first-order chi connectivity index (χ1) is 12.3. The lowest BCUT2D eigenvalue weighted by Crippen LogP contribution is -2.32. The minimum atomic E-state index is 0.0188. The van der Waals surface area contributed by atoms with E-state index in [9.17, 15) is 4.79 Å². The Morgan fingerprint density at radius 2 is 1.77 bits per heavy atom. The van der Waals surface area contributed by atoms with E-state index >= 15 is 0 Å². The number of halogens is 1. The average Bonchev–Trinajstić information content (AvgIpc) is 3.08. The van der Waals surface area contributed by atoms with Gasteiger partial charge in [0.25, 0.3) is 5.91 Å². The molecular formula is C21H23ClN2OS. The van der Waals surface area contributed by atoms with E-state index in [1.165, 1.54) is 5.56 Å². The average molecular weight is 387 g/mol. The van der Waals surface area contributed by atoms with Crippen LogP contribution in [0.15, 0.2) is 53.5 Å². The molecule has 0 spiro atoms. The summed E-state index contributed by atoms with van der Waals surface area (Å²) in [6.45, 7) is 7.81. The number of nitrogens with zero attached hydrogens (tertiary/aromatic N) is 2. The molecule has 0 aromatic heterocycles. The van der Waals surface area contributed by atoms with Gasteiger partial charge in [-0.25, -0.2) is 0 Å². The van der Waals surface area contributed by atoms with Crippen LogP contribution in [-0.2, 0) is 11.2 Å². The van der Waals surface area contributed by atoms with Crippen molar-refractivity contribution in [3.8, 4) is 0 Å². The summed E-state index contributed by atoms with van der Waals surface area (Å²) in [6, 6.07) is 15.7. The highest BCUT2D eigenvalue weighted by Crippen LogP contribution is 2.25. The molecule has 0 atom stereocenters. The van der Waals surface area contributed by atoms with Crippen LogP contribution in [-0.4, -0.2) is 29.1 Å². The second kappa shape index (κ2) is 7.85. The van der Waals surface area contributed by atoms with Crippen molar-refractivity contribution in [2.75, 3.05) is 13.1 Å². The number of rotatable bonds is 3. The van der Waals surface area contributed by atoms with Crippen LogP contribution in [0.25, 0.3) is 0 Å². The third-order valence-electron chi connectivity index (χ3n) is 4.33. The molecule has 3 rings (SSSR count). The van der Waals surface area contributed by atoms with Crippen LogP contribution in [0.4, 0.5) is 0 Å². The fourth-order valence-corrected chi connectivity index (χ4v) is 3.86. The standard InChI is InChI=1S/C21H23ClN2OS/c1-21(2,3)17-8-6-16(7-9-17)19(25)24-13-12-23-20(24)26-14-15-4-10-18(22)11-5-15/h4-11H,12-14H2,1-3H3. The molecule has 0 N–H and O–H groups in total. The first-order valence-corrected chi connectivity index (χ1v) is 10.0. The maximum atomic E-state index is 12.9. The molecule has 1 heterocycles. The van der Waals surface area contributed by atoms with Crippen molar-refractivity contribution in [1.82, 2.24) is 4.90 Å². The van der Waals surface area contributed by atoms with E-state index in [2.05, 4.69) is 25.8 Å². The Kier molecular flexibility index (Phi) is 5.73. The normalized spacial score (nSPS) is 14.5. The fourth-order valence-electron chi connectivity index (χ4n) is 2.74. The van der Waals surface area contributed by atoms with Crippen LogP contribution in [0.2, 0.25) is 5.02 Å². The topological polar surface area (TPSA) is 32.7 Å². The summed E-state index contributed by atoms with van der Waals surface area (Å²) in [7, 11) is 0. The van der Waals surface area contributed by atoms with Gasteiger partial charge in [0, 0.05) is 22.9 Å². The Bertz CT molecular complexity index is 807. The van der Waals surface area contributed by atoms with Crippen LogP contribution in [0, 0.1) is 0 Å². The van der Waals surface area contributed by atoms with E-state index in [1.54, 1.807) is 16.7 Å². The summed E-state index contributed by atoms with van der Waals surface area (Å²) in [4.78, 5) is 19.2. The van der Waals surface area contributed by atoms with E-state index in [0.717, 1.165) is 21.5 Å². The van der Waals surface area contributed by atoms with Crippen LogP contribution in [0.1, 0.15) is 42.3 Å². The molecular weight excluding hydrogens is 364 g/mol. The molecule has 0 radical (unpaired) electrons. The lowest BCUT2D eigenvalue weighted by atomic mass is 9.86. The zero-order valence-corrected chi connectivity index (χ0v) is 16.9. The number of carbonyl (C=O) groups is 1. The summed E-state index contributed by atoms with van der Waals surface area (Å²) in [5.74, 6) is 0.785. The lowest BCUT2D eigenvalue weighted by molar-refractivity contribution is 0.0860. The molecule has 0 fully saturated rings. The minimum absolute atomic E-state index is 0.0188. The molecule has 0 bridgehead atoms. The first kappa shape index (κ1) is 19.0. The molecule has 26 heavy (non-hydrogen) atoms. The molecule has 0 aliphatic carbocycles. The summed E-state index contributed by atoms with van der Waals surface area (Å²) in [6.07, 6.45) is 0. The number of benzene rings is 2. The molecule has 0 saturated heterocycles. The van der Waals surface area contributed by atoms with Crippen LogP contribution in [0.5, 0.6) is 0 Å². The van der Waals surface area contributed by atoms with Gasteiger partial charge in [0.15, 0.2) is 5.17 Å². The molecule has 5 heteroatoms. The SMILES string of the molecule is CC(C)(C)c1ccc(C(=O)N2CCN=C2SCc2ccc(Cl)cc2)cc1. The number of hydrogen-bond acceptors (Lipinski definition) is 3. The number of amidine groups is 1. The van der Waals surface area contributed by atoms with Gasteiger partial charge < -0.3 is 0 Å². The predicted octanol–water partition coefficient (Wildman–Crippen LogP) is 5.38. The van der Waals surface area contributed by atoms with Gasteiger partial charge in [-0.2, -0.15) is 0 Å². The molecule has 1 aliphatic heterocycles. The quantitative estimate of drug-likeness (QED) is 0.709. The van der Waals surface area contributed by atoms with Crippen molar-refractivity contribution in [1.29, 1.82) is 0 Å². The predicted molar refractivity (Wildman–Crippen MR) is 111 cm³/mol. The van der Waals surface area contributed by atoms with Gasteiger partial charge in [-0.1, -0.05) is 68.4 Å². The number of hydrogen-bond donors (Lipinski definition) is 0. The van der Waals surface area contributed by atoms with Crippen LogP contribution in [0.3, 0.4) is 0 Å². The van der Waals surface area contributed by atoms with Gasteiger partial charge in [-0.15, -0.1) is 0 Å². The van der Waals surface area contributed by atoms with Gasteiger partial charge in [-0.05, 0) is 40.8 Å². The second-order valence-corrected chi connectivity index (χ2v) is 8.74. The fraction of sp³-hybridized carbons (Fsp3) is 0.333. The highest BCUT2D eigenvalue weighted by Gasteiger charge is 2.25. The number of amides is 1. The molecule has 1 amide bonds. The summed E-state index contributed by atoms with van der Waals surface area (Å²) in [5, 5.41) is 1.53. The lowest BCUT2D eigenvalue weighted by Gasteiger charge is -2.21. The second-order valence-electron chi connectivity index (χ2n) is 7.36. The molecule has 0 saturated carbocycles. The molecule has 136 valence electrons. The van der Waals surface area contributed by atoms with Gasteiger partial charge in [0.2, 0.25) is 0 Å². The van der Waals surface area contributed by atoms with E-state index in [0.29, 0.717) is 18.7 Å². The molecule has 0 unspecified atom stereocenters. The van der Waals surface area contributed by atoms with Crippen LogP contribution < -0.4 is 0 Å². The maximum Gasteiger partial charge on any atom is 0.259 e. The van der Waals surface area contributed by atoms with E-state index < -0.39 is 0 Å². The molecule has 2 aromatic rings. The van der Waals surface area contributed by atoms with Gasteiger partial charge in [0.1, 0.15) is 0 Å². The third-order valence-corrected chi connectivity index (χ3v) is 5.66. The summed E-state index contributed by atoms with van der Waals surface area (Å²) >= 11 is 7.52. The Morgan fingerprint density at radius 3 is 2.38 bits per heavy atom. The maximum absolute atomic E-state index is 12.9. The molecule has 1 aliphatic rings. The van der Waals surface area contributed by atoms with E-state index in [-0.39, 0.29) is 11.3 Å². The van der Waals surface area contributed by atoms with Crippen molar-refractivity contribution >= 4 is 34.4 Å². The van der Waals surface area contributed by atoms with Crippen molar-refractivity contribution < 1.29 is 4.79 Å². The van der Waals surface area contributed by atoms with E-state index in [1.807, 2.05) is 48.5 Å². The van der Waals surface area contributed by atoms with Crippen molar-refractivity contribution in [2.24, 2.45) is 4.99 Å². The Morgan fingerprint density at radius 1 is 1.12 bits per heavy atom. The van der Waals surface area contributed by atoms with E-state index in [4.69, 9.17) is 11.6 Å². The molecule has 3 nitrogen and oxygen atoms in total. The number of aliphatic imine (C=N–C) groups is 1. The van der Waals surface area contributed by atoms with Gasteiger partial charge in [0.05, 0.1) is 6.54 Å². The van der Waals surface area contributed by atoms with Gasteiger partial charge in [-0.3, -0.25) is 14.7 Å². The summed E-state index contributed by atoms with van der Waals surface area (Å²) in [5.41, 5.74) is 3.17. The van der Waals surface area contributed by atoms with Crippen molar-refractivity contribution in [3.63, 3.8) is 0 Å². The largest absolute Gasteiger partial charge is 0.286 e. The first-order valence-electron chi connectivity index (χ1n) is 8.69. The smallest absolute Gasteiger partial charge is 0.259 e. The van der Waals surface area contributed by atoms with Crippen molar-refractivity contribution in [3.05, 3.63) is 70.2 Å². The van der Waals surface area contributed by atoms with Crippen LogP contribution >= 0.6 is 23.4 Å². The Hall–Kier alpha value is -1.78. The monoisotopic (exact) mass is 386 g/mol. The zero-order valence-electron chi connectivity index (χ0n) is 15.3. The highest BCUT2D eigenvalue weighted by molar-refractivity contribution is 8.13. The number of carbonyl (C=O) groups excluding carboxylic acids is 1. The zero-order chi connectivity index (χ0) is 18.7. The Labute approximate surface area is 164 Å². The summed E-state index contributed by atoms with van der Waals surface area (Å²) < 4.78 is 0. The van der Waals surface area contributed by atoms with Crippen molar-refractivity contribution in [2.45, 2.75) is 31.9 Å². The highest BCUT2D eigenvalue weighted by atomic mass is 35.5. The van der Waals surface area contributed by atoms with Gasteiger partial charge >= 0.3 is 0 Å². The third kappa shape index (κ3) is 4.49. The minimum Gasteiger partial charge on any atom is -0.286 e. The molecule has 2 aromatic carbocycles. The number of thioether (sulfide) groups is 1.